The van der Waals surface area contributed by atoms with Gasteiger partial charge in [-0.15, -0.1) is 0 Å². The normalized spacial score (nSPS) is 13.2. The molecule has 0 heterocycles. The van der Waals surface area contributed by atoms with E-state index in [0.717, 1.165) is 18.4 Å². The summed E-state index contributed by atoms with van der Waals surface area (Å²) in [5.41, 5.74) is 0.895. The number of nitrogens with one attached hydrogen (secondary N) is 2. The van der Waals surface area contributed by atoms with Gasteiger partial charge in [0.25, 0.3) is 0 Å². The molecule has 0 unspecified atom stereocenters. The molecule has 5 nitrogen and oxygen atoms in total. The number of rotatable bonds is 16. The Labute approximate surface area is 182 Å². The molecule has 1 aromatic carbocycles. The molecule has 0 aliphatic carbocycles. The Morgan fingerprint density at radius 1 is 0.933 bits per heavy atom. The summed E-state index contributed by atoms with van der Waals surface area (Å²) in [6.07, 6.45) is 14.5. The maximum absolute atomic E-state index is 12.3. The van der Waals surface area contributed by atoms with Gasteiger partial charge in [0, 0.05) is 12.6 Å². The first-order chi connectivity index (χ1) is 14.5. The van der Waals surface area contributed by atoms with Gasteiger partial charge in [-0.3, -0.25) is 9.59 Å². The summed E-state index contributed by atoms with van der Waals surface area (Å²) in [7, 11) is 0. The molecule has 1 rings (SSSR count). The van der Waals surface area contributed by atoms with E-state index in [-0.39, 0.29) is 5.91 Å². The maximum atomic E-state index is 12.3. The third-order valence-electron chi connectivity index (χ3n) is 5.12. The van der Waals surface area contributed by atoms with Crippen LogP contribution in [0.4, 0.5) is 0 Å². The molecule has 1 aromatic rings. The highest BCUT2D eigenvalue weighted by Gasteiger charge is 2.24. The van der Waals surface area contributed by atoms with Gasteiger partial charge in [-0.05, 0) is 25.0 Å². The quantitative estimate of drug-likeness (QED) is 0.272. The van der Waals surface area contributed by atoms with Crippen LogP contribution in [0.25, 0.3) is 6.08 Å². The summed E-state index contributed by atoms with van der Waals surface area (Å²) in [5.74, 6) is -0.749. The highest BCUT2D eigenvalue weighted by molar-refractivity contribution is 5.95. The van der Waals surface area contributed by atoms with Crippen LogP contribution in [-0.2, 0) is 9.59 Å². The molecular formula is C25H40N2O3. The second-order valence-corrected chi connectivity index (χ2v) is 7.94. The Hall–Kier alpha value is -2.14. The zero-order valence-corrected chi connectivity index (χ0v) is 18.7. The predicted octanol–water partition coefficient (Wildman–Crippen LogP) is 4.60. The molecule has 0 fully saturated rings. The summed E-state index contributed by atoms with van der Waals surface area (Å²) < 4.78 is 0. The minimum Gasteiger partial charge on any atom is -0.391 e. The molecule has 0 bridgehead atoms. The van der Waals surface area contributed by atoms with Crippen molar-refractivity contribution < 1.29 is 14.7 Å². The lowest BCUT2D eigenvalue weighted by Crippen LogP contribution is -2.52. The van der Waals surface area contributed by atoms with E-state index in [1.807, 2.05) is 30.3 Å². The zero-order valence-electron chi connectivity index (χ0n) is 18.7. The number of aliphatic hydroxyl groups excluding tert-OH is 1. The first kappa shape index (κ1) is 25.9. The summed E-state index contributed by atoms with van der Waals surface area (Å²) in [4.78, 5) is 24.5. The van der Waals surface area contributed by atoms with Crippen LogP contribution in [0.3, 0.4) is 0 Å². The highest BCUT2D eigenvalue weighted by atomic mass is 16.3. The van der Waals surface area contributed by atoms with Crippen molar-refractivity contribution in [3.05, 3.63) is 42.0 Å². The summed E-state index contributed by atoms with van der Waals surface area (Å²) in [6.45, 7) is 4.31. The van der Waals surface area contributed by atoms with Crippen LogP contribution in [-0.4, -0.2) is 35.6 Å². The number of carbonyl (C=O) groups excluding carboxylic acids is 2. The van der Waals surface area contributed by atoms with Crippen LogP contribution in [0.15, 0.2) is 36.4 Å². The number of amides is 2. The smallest absolute Gasteiger partial charge is 0.245 e. The first-order valence-corrected chi connectivity index (χ1v) is 11.5. The molecular weight excluding hydrogens is 376 g/mol. The van der Waals surface area contributed by atoms with Crippen molar-refractivity contribution in [2.75, 3.05) is 6.54 Å². The van der Waals surface area contributed by atoms with Crippen molar-refractivity contribution in [1.29, 1.82) is 0 Å². The number of unbranched alkanes of at least 4 members (excludes halogenated alkanes) is 9. The molecule has 0 aliphatic rings. The second-order valence-electron chi connectivity index (χ2n) is 7.94. The van der Waals surface area contributed by atoms with Crippen molar-refractivity contribution in [3.63, 3.8) is 0 Å². The summed E-state index contributed by atoms with van der Waals surface area (Å²) >= 11 is 0. The fourth-order valence-corrected chi connectivity index (χ4v) is 3.28. The first-order valence-electron chi connectivity index (χ1n) is 11.5. The van der Waals surface area contributed by atoms with Gasteiger partial charge in [0.05, 0.1) is 6.10 Å². The van der Waals surface area contributed by atoms with Gasteiger partial charge in [0.2, 0.25) is 11.8 Å². The molecule has 30 heavy (non-hydrogen) atoms. The molecule has 2 amide bonds. The topological polar surface area (TPSA) is 78.4 Å². The standard InChI is InChI=1S/C25H40N2O3/c1-3-4-5-6-7-8-9-10-11-15-20-26-25(30)24(21(2)28)27-23(29)19-18-22-16-13-12-14-17-22/h12-14,16-19,21,24,28H,3-11,15,20H2,1-2H3,(H,26,30)(H,27,29)/t21-,24+/m1/s1. The van der Waals surface area contributed by atoms with Crippen LogP contribution in [0.5, 0.6) is 0 Å². The van der Waals surface area contributed by atoms with Crippen molar-refractivity contribution in [1.82, 2.24) is 10.6 Å². The van der Waals surface area contributed by atoms with E-state index in [9.17, 15) is 14.7 Å². The molecule has 0 radical (unpaired) electrons. The average molecular weight is 417 g/mol. The number of hydrogen-bond acceptors (Lipinski definition) is 3. The lowest BCUT2D eigenvalue weighted by Gasteiger charge is -2.20. The van der Waals surface area contributed by atoms with Crippen LogP contribution < -0.4 is 10.6 Å². The maximum Gasteiger partial charge on any atom is 0.245 e. The largest absolute Gasteiger partial charge is 0.391 e. The van der Waals surface area contributed by atoms with Gasteiger partial charge in [-0.2, -0.15) is 0 Å². The zero-order chi connectivity index (χ0) is 22.0. The Bertz CT molecular complexity index is 614. The van der Waals surface area contributed by atoms with E-state index < -0.39 is 18.1 Å². The summed E-state index contributed by atoms with van der Waals surface area (Å²) in [6, 6.07) is 8.49. The second kappa shape index (κ2) is 16.6. The van der Waals surface area contributed by atoms with Crippen LogP contribution in [0, 0.1) is 0 Å². The van der Waals surface area contributed by atoms with E-state index in [1.165, 1.54) is 64.4 Å². The van der Waals surface area contributed by atoms with E-state index in [1.54, 1.807) is 6.08 Å². The Balaban J connectivity index is 2.20. The molecule has 5 heteroatoms. The Kier molecular flexibility index (Phi) is 14.4. The number of benzene rings is 1. The molecule has 0 aromatic heterocycles. The number of carbonyl (C=O) groups is 2. The average Bonchev–Trinajstić information content (AvgIpc) is 2.74. The van der Waals surface area contributed by atoms with Gasteiger partial charge in [0.15, 0.2) is 0 Å². The van der Waals surface area contributed by atoms with Crippen LogP contribution in [0.2, 0.25) is 0 Å². The van der Waals surface area contributed by atoms with E-state index in [2.05, 4.69) is 17.6 Å². The van der Waals surface area contributed by atoms with Crippen molar-refractivity contribution in [2.45, 2.75) is 90.2 Å². The molecule has 168 valence electrons. The molecule has 0 spiro atoms. The lowest BCUT2D eigenvalue weighted by molar-refractivity contribution is -0.129. The van der Waals surface area contributed by atoms with Gasteiger partial charge in [-0.25, -0.2) is 0 Å². The van der Waals surface area contributed by atoms with E-state index in [4.69, 9.17) is 0 Å². The van der Waals surface area contributed by atoms with Gasteiger partial charge < -0.3 is 15.7 Å². The van der Waals surface area contributed by atoms with Crippen molar-refractivity contribution in [3.8, 4) is 0 Å². The monoisotopic (exact) mass is 416 g/mol. The Morgan fingerprint density at radius 3 is 2.07 bits per heavy atom. The van der Waals surface area contributed by atoms with Crippen LogP contribution in [0.1, 0.15) is 83.6 Å². The minimum absolute atomic E-state index is 0.345. The van der Waals surface area contributed by atoms with Crippen molar-refractivity contribution in [2.24, 2.45) is 0 Å². The molecule has 0 saturated heterocycles. The number of hydrogen-bond donors (Lipinski definition) is 3. The SMILES string of the molecule is CCCCCCCCCCCCNC(=O)[C@@H](NC(=O)C=Cc1ccccc1)[C@@H](C)O. The lowest BCUT2D eigenvalue weighted by atomic mass is 10.1. The predicted molar refractivity (Wildman–Crippen MR) is 124 cm³/mol. The molecule has 0 aliphatic heterocycles. The minimum atomic E-state index is -0.966. The van der Waals surface area contributed by atoms with Crippen molar-refractivity contribution >= 4 is 17.9 Å². The summed E-state index contributed by atoms with van der Waals surface area (Å²) in [5, 5.41) is 15.3. The molecule has 3 N–H and O–H groups in total. The number of aliphatic hydroxyl groups is 1. The molecule has 2 atom stereocenters. The van der Waals surface area contributed by atoms with Crippen LogP contribution >= 0.6 is 0 Å². The van der Waals surface area contributed by atoms with Gasteiger partial charge in [0.1, 0.15) is 6.04 Å². The Morgan fingerprint density at radius 2 is 1.50 bits per heavy atom. The van der Waals surface area contributed by atoms with Gasteiger partial charge >= 0.3 is 0 Å². The molecule has 0 saturated carbocycles. The third-order valence-corrected chi connectivity index (χ3v) is 5.12. The fraction of sp³-hybridized carbons (Fsp3) is 0.600. The third kappa shape index (κ3) is 12.4. The fourth-order valence-electron chi connectivity index (χ4n) is 3.28. The van der Waals surface area contributed by atoms with E-state index in [0.29, 0.717) is 6.54 Å². The van der Waals surface area contributed by atoms with E-state index >= 15 is 0 Å². The van der Waals surface area contributed by atoms with Gasteiger partial charge in [-0.1, -0.05) is 95.0 Å². The highest BCUT2D eigenvalue weighted by Crippen LogP contribution is 2.10.